The smallest absolute Gasteiger partial charge is 0.196 e. The minimum atomic E-state index is 0.720. The van der Waals surface area contributed by atoms with Gasteiger partial charge in [0.15, 0.2) is 11.7 Å². The molecule has 0 spiro atoms. The highest BCUT2D eigenvalue weighted by Gasteiger charge is 2.11. The molecule has 0 aliphatic heterocycles. The van der Waals surface area contributed by atoms with E-state index in [2.05, 4.69) is 39.9 Å². The van der Waals surface area contributed by atoms with E-state index < -0.39 is 0 Å². The van der Waals surface area contributed by atoms with Crippen molar-refractivity contribution in [3.05, 3.63) is 41.7 Å². The summed E-state index contributed by atoms with van der Waals surface area (Å²) in [5.74, 6) is 1.62. The van der Waals surface area contributed by atoms with Gasteiger partial charge in [-0.25, -0.2) is 4.98 Å². The molecule has 0 radical (unpaired) electrons. The van der Waals surface area contributed by atoms with Crippen LogP contribution in [0.25, 0.3) is 21.4 Å². The van der Waals surface area contributed by atoms with Crippen molar-refractivity contribution in [3.8, 4) is 11.3 Å². The quantitative estimate of drug-likeness (QED) is 0.680. The monoisotopic (exact) mass is 302 g/mol. The summed E-state index contributed by atoms with van der Waals surface area (Å²) in [4.78, 5) is 4.36. The number of nitrogens with zero attached hydrogens (tertiary/aromatic N) is 1. The first-order chi connectivity index (χ1) is 10.4. The van der Waals surface area contributed by atoms with Crippen molar-refractivity contribution < 1.29 is 9.15 Å². The van der Waals surface area contributed by atoms with Gasteiger partial charge in [-0.2, -0.15) is 0 Å². The molecule has 0 saturated heterocycles. The lowest BCUT2D eigenvalue weighted by Crippen LogP contribution is -2.21. The number of fused-ring (bicyclic) bond motifs is 1. The average molecular weight is 302 g/mol. The zero-order valence-corrected chi connectivity index (χ0v) is 12.8. The Labute approximate surface area is 127 Å². The fraction of sp³-hybridized carbons (Fsp3) is 0.312. The number of oxazole rings is 1. The number of methoxy groups -OCH3 is 1. The number of hydrogen-bond acceptors (Lipinski definition) is 5. The van der Waals surface area contributed by atoms with Crippen LogP contribution >= 0.6 is 11.3 Å². The molecule has 3 aromatic rings. The number of nitrogens with one attached hydrogen (secondary N) is 1. The van der Waals surface area contributed by atoms with Crippen LogP contribution in [0, 0.1) is 0 Å². The number of ether oxygens (including phenoxy) is 1. The molecule has 21 heavy (non-hydrogen) atoms. The molecule has 2 aromatic heterocycles. The van der Waals surface area contributed by atoms with E-state index in [9.17, 15) is 0 Å². The predicted octanol–water partition coefficient (Wildman–Crippen LogP) is 3.33. The third-order valence-corrected chi connectivity index (χ3v) is 4.26. The summed E-state index contributed by atoms with van der Waals surface area (Å²) in [6, 6.07) is 8.35. The van der Waals surface area contributed by atoms with Crippen molar-refractivity contribution in [1.29, 1.82) is 0 Å². The van der Waals surface area contributed by atoms with Crippen LogP contribution in [0.3, 0.4) is 0 Å². The van der Waals surface area contributed by atoms with Crippen LogP contribution < -0.4 is 5.32 Å². The number of benzene rings is 1. The summed E-state index contributed by atoms with van der Waals surface area (Å²) in [5, 5.41) is 6.64. The minimum absolute atomic E-state index is 0.720. The van der Waals surface area contributed by atoms with E-state index in [-0.39, 0.29) is 0 Å². The van der Waals surface area contributed by atoms with Gasteiger partial charge in [-0.1, -0.05) is 18.2 Å². The first-order valence-corrected chi connectivity index (χ1v) is 7.87. The molecule has 2 heterocycles. The molecule has 1 aromatic carbocycles. The minimum Gasteiger partial charge on any atom is -0.441 e. The van der Waals surface area contributed by atoms with Gasteiger partial charge in [0.1, 0.15) is 0 Å². The molecule has 5 heteroatoms. The lowest BCUT2D eigenvalue weighted by Gasteiger charge is -2.01. The zero-order valence-electron chi connectivity index (χ0n) is 12.0. The third kappa shape index (κ3) is 3.32. The standard InChI is InChI=1S/C16H18N2O2S/c1-19-9-8-17-7-6-16-18-10-14(20-16)13-11-21-15-5-3-2-4-12(13)15/h2-5,10-11,17H,6-9H2,1H3. The van der Waals surface area contributed by atoms with Gasteiger partial charge >= 0.3 is 0 Å². The number of hydrogen-bond donors (Lipinski definition) is 1. The Morgan fingerprint density at radius 1 is 1.29 bits per heavy atom. The van der Waals surface area contributed by atoms with E-state index >= 15 is 0 Å². The number of rotatable bonds is 7. The van der Waals surface area contributed by atoms with Gasteiger partial charge in [0.05, 0.1) is 12.8 Å². The maximum atomic E-state index is 5.87. The van der Waals surface area contributed by atoms with Crippen molar-refractivity contribution in [2.24, 2.45) is 0 Å². The number of thiophene rings is 1. The normalized spacial score (nSPS) is 11.3. The predicted molar refractivity (Wildman–Crippen MR) is 85.8 cm³/mol. The Balaban J connectivity index is 1.67. The van der Waals surface area contributed by atoms with E-state index in [4.69, 9.17) is 9.15 Å². The molecule has 1 N–H and O–H groups in total. The largest absolute Gasteiger partial charge is 0.441 e. The fourth-order valence-electron chi connectivity index (χ4n) is 2.21. The maximum absolute atomic E-state index is 5.87. The van der Waals surface area contributed by atoms with Gasteiger partial charge in [0.25, 0.3) is 0 Å². The van der Waals surface area contributed by atoms with E-state index in [1.807, 2.05) is 6.20 Å². The van der Waals surface area contributed by atoms with Crippen LogP contribution in [-0.4, -0.2) is 31.8 Å². The Bertz CT molecular complexity index is 705. The molecule has 0 fully saturated rings. The van der Waals surface area contributed by atoms with Crippen molar-refractivity contribution in [1.82, 2.24) is 10.3 Å². The van der Waals surface area contributed by atoms with E-state index in [0.717, 1.165) is 43.3 Å². The summed E-state index contributed by atoms with van der Waals surface area (Å²) in [7, 11) is 1.70. The topological polar surface area (TPSA) is 47.3 Å². The molecule has 0 atom stereocenters. The first kappa shape index (κ1) is 14.3. The summed E-state index contributed by atoms with van der Waals surface area (Å²) in [5.41, 5.74) is 1.13. The van der Waals surface area contributed by atoms with E-state index in [1.54, 1.807) is 18.4 Å². The number of aromatic nitrogens is 1. The second kappa shape index (κ2) is 6.85. The van der Waals surface area contributed by atoms with E-state index in [0.29, 0.717) is 0 Å². The average Bonchev–Trinajstić information content (AvgIpc) is 3.13. The van der Waals surface area contributed by atoms with Crippen molar-refractivity contribution in [3.63, 3.8) is 0 Å². The summed E-state index contributed by atoms with van der Waals surface area (Å²) in [6.07, 6.45) is 2.60. The molecule has 0 aliphatic rings. The van der Waals surface area contributed by atoms with E-state index in [1.165, 1.54) is 10.1 Å². The third-order valence-electron chi connectivity index (χ3n) is 3.30. The van der Waals surface area contributed by atoms with Crippen LogP contribution in [0.4, 0.5) is 0 Å². The second-order valence-corrected chi connectivity index (χ2v) is 5.67. The van der Waals surface area contributed by atoms with Crippen LogP contribution in [0.15, 0.2) is 40.3 Å². The molecule has 4 nitrogen and oxygen atoms in total. The summed E-state index contributed by atoms with van der Waals surface area (Å²) >= 11 is 1.73. The molecule has 110 valence electrons. The highest BCUT2D eigenvalue weighted by molar-refractivity contribution is 7.17. The van der Waals surface area contributed by atoms with Gasteiger partial charge in [-0.15, -0.1) is 11.3 Å². The molecule has 0 saturated carbocycles. The zero-order chi connectivity index (χ0) is 14.5. The maximum Gasteiger partial charge on any atom is 0.196 e. The molecule has 0 aliphatic carbocycles. The SMILES string of the molecule is COCCNCCc1ncc(-c2csc3ccccc23)o1. The molecule has 0 unspecified atom stereocenters. The highest BCUT2D eigenvalue weighted by Crippen LogP contribution is 2.33. The first-order valence-electron chi connectivity index (χ1n) is 6.99. The van der Waals surface area contributed by atoms with Crippen molar-refractivity contribution >= 4 is 21.4 Å². The molecular formula is C16H18N2O2S. The van der Waals surface area contributed by atoms with Crippen molar-refractivity contribution in [2.75, 3.05) is 26.8 Å². The van der Waals surface area contributed by atoms with Crippen LogP contribution in [-0.2, 0) is 11.2 Å². The van der Waals surface area contributed by atoms with Gasteiger partial charge in [-0.05, 0) is 6.07 Å². The Kier molecular flexibility index (Phi) is 4.65. The fourth-order valence-corrected chi connectivity index (χ4v) is 3.16. The van der Waals surface area contributed by atoms with Gasteiger partial charge in [0, 0.05) is 47.6 Å². The highest BCUT2D eigenvalue weighted by atomic mass is 32.1. The van der Waals surface area contributed by atoms with Gasteiger partial charge < -0.3 is 14.5 Å². The lowest BCUT2D eigenvalue weighted by molar-refractivity contribution is 0.199. The summed E-state index contributed by atoms with van der Waals surface area (Å²) < 4.78 is 12.1. The molecule has 0 amide bonds. The van der Waals surface area contributed by atoms with Crippen LogP contribution in [0.5, 0.6) is 0 Å². The van der Waals surface area contributed by atoms with Gasteiger partial charge in [-0.3, -0.25) is 0 Å². The van der Waals surface area contributed by atoms with Gasteiger partial charge in [0.2, 0.25) is 0 Å². The molecule has 0 bridgehead atoms. The Hall–Kier alpha value is -1.69. The Morgan fingerprint density at radius 2 is 2.19 bits per heavy atom. The Morgan fingerprint density at radius 3 is 3.10 bits per heavy atom. The molecular weight excluding hydrogens is 284 g/mol. The lowest BCUT2D eigenvalue weighted by atomic mass is 10.1. The summed E-state index contributed by atoms with van der Waals surface area (Å²) in [6.45, 7) is 2.41. The van der Waals surface area contributed by atoms with Crippen LogP contribution in [0.2, 0.25) is 0 Å². The molecule has 3 rings (SSSR count). The second-order valence-electron chi connectivity index (χ2n) is 4.76. The van der Waals surface area contributed by atoms with Crippen molar-refractivity contribution in [2.45, 2.75) is 6.42 Å². The van der Waals surface area contributed by atoms with Crippen LogP contribution in [0.1, 0.15) is 5.89 Å².